The van der Waals surface area contributed by atoms with E-state index in [9.17, 15) is 9.18 Å². The van der Waals surface area contributed by atoms with Crippen LogP contribution < -0.4 is 10.6 Å². The van der Waals surface area contributed by atoms with Crippen molar-refractivity contribution in [2.75, 3.05) is 20.3 Å². The van der Waals surface area contributed by atoms with E-state index in [2.05, 4.69) is 10.6 Å². The molecule has 0 spiro atoms. The van der Waals surface area contributed by atoms with E-state index < -0.39 is 0 Å². The van der Waals surface area contributed by atoms with Gasteiger partial charge in [0.1, 0.15) is 5.82 Å². The van der Waals surface area contributed by atoms with Crippen LogP contribution in [0.4, 0.5) is 9.18 Å². The number of halogens is 1. The Balaban J connectivity index is 2.31. The molecule has 0 aliphatic heterocycles. The molecule has 106 valence electrons. The van der Waals surface area contributed by atoms with Crippen molar-refractivity contribution in [1.29, 1.82) is 0 Å². The van der Waals surface area contributed by atoms with Gasteiger partial charge in [0.2, 0.25) is 0 Å². The Labute approximate surface area is 113 Å². The number of carbonyl (C=O) groups excluding carboxylic acids is 1. The SMILES string of the molecule is COC[C@H](C)NC(=O)NCCc1ccc(F)cc1C. The van der Waals surface area contributed by atoms with Crippen LogP contribution in [-0.2, 0) is 11.2 Å². The van der Waals surface area contributed by atoms with Crippen molar-refractivity contribution >= 4 is 6.03 Å². The van der Waals surface area contributed by atoms with Crippen molar-refractivity contribution in [3.05, 3.63) is 35.1 Å². The number of nitrogens with one attached hydrogen (secondary N) is 2. The number of urea groups is 1. The van der Waals surface area contributed by atoms with Gasteiger partial charge in [-0.3, -0.25) is 0 Å². The van der Waals surface area contributed by atoms with E-state index in [0.717, 1.165) is 11.1 Å². The molecule has 0 heterocycles. The zero-order valence-electron chi connectivity index (χ0n) is 11.6. The molecular formula is C14H21FN2O2. The minimum Gasteiger partial charge on any atom is -0.383 e. The summed E-state index contributed by atoms with van der Waals surface area (Å²) < 4.78 is 17.8. The Morgan fingerprint density at radius 2 is 2.21 bits per heavy atom. The van der Waals surface area contributed by atoms with Crippen LogP contribution in [0.15, 0.2) is 18.2 Å². The molecule has 0 saturated heterocycles. The molecule has 1 aromatic rings. The first-order valence-electron chi connectivity index (χ1n) is 6.31. The molecule has 0 fully saturated rings. The van der Waals surface area contributed by atoms with Crippen LogP contribution >= 0.6 is 0 Å². The number of amides is 2. The number of hydrogen-bond donors (Lipinski definition) is 2. The van der Waals surface area contributed by atoms with Gasteiger partial charge >= 0.3 is 6.03 Å². The van der Waals surface area contributed by atoms with Crippen LogP contribution in [0, 0.1) is 12.7 Å². The van der Waals surface area contributed by atoms with Gasteiger partial charge in [0, 0.05) is 13.7 Å². The van der Waals surface area contributed by atoms with E-state index in [1.54, 1.807) is 13.2 Å². The van der Waals surface area contributed by atoms with Gasteiger partial charge < -0.3 is 15.4 Å². The fourth-order valence-corrected chi connectivity index (χ4v) is 1.82. The van der Waals surface area contributed by atoms with Gasteiger partial charge in [0.25, 0.3) is 0 Å². The van der Waals surface area contributed by atoms with E-state index in [1.165, 1.54) is 12.1 Å². The fraction of sp³-hybridized carbons (Fsp3) is 0.500. The highest BCUT2D eigenvalue weighted by atomic mass is 19.1. The quantitative estimate of drug-likeness (QED) is 0.829. The first-order chi connectivity index (χ1) is 9.02. The number of hydrogen-bond acceptors (Lipinski definition) is 2. The van der Waals surface area contributed by atoms with Crippen LogP contribution in [0.5, 0.6) is 0 Å². The first kappa shape index (κ1) is 15.4. The third-order valence-electron chi connectivity index (χ3n) is 2.78. The smallest absolute Gasteiger partial charge is 0.315 e. The first-order valence-corrected chi connectivity index (χ1v) is 6.31. The summed E-state index contributed by atoms with van der Waals surface area (Å²) in [6.45, 7) is 4.72. The second-order valence-corrected chi connectivity index (χ2v) is 4.58. The van der Waals surface area contributed by atoms with E-state index in [-0.39, 0.29) is 17.9 Å². The Bertz CT molecular complexity index is 424. The summed E-state index contributed by atoms with van der Waals surface area (Å²) >= 11 is 0. The molecule has 1 aromatic carbocycles. The van der Waals surface area contributed by atoms with Gasteiger partial charge in [-0.25, -0.2) is 9.18 Å². The monoisotopic (exact) mass is 268 g/mol. The maximum atomic E-state index is 12.9. The van der Waals surface area contributed by atoms with Gasteiger partial charge in [-0.15, -0.1) is 0 Å². The number of benzene rings is 1. The van der Waals surface area contributed by atoms with Crippen molar-refractivity contribution in [3.63, 3.8) is 0 Å². The lowest BCUT2D eigenvalue weighted by Gasteiger charge is -2.14. The number of methoxy groups -OCH3 is 1. The van der Waals surface area contributed by atoms with E-state index in [1.807, 2.05) is 13.8 Å². The second-order valence-electron chi connectivity index (χ2n) is 4.58. The molecule has 0 aliphatic carbocycles. The van der Waals surface area contributed by atoms with Gasteiger partial charge in [-0.2, -0.15) is 0 Å². The summed E-state index contributed by atoms with van der Waals surface area (Å²) in [6.07, 6.45) is 0.679. The van der Waals surface area contributed by atoms with Gasteiger partial charge in [0.15, 0.2) is 0 Å². The Morgan fingerprint density at radius 3 is 2.84 bits per heavy atom. The molecule has 0 bridgehead atoms. The molecule has 1 rings (SSSR count). The van der Waals surface area contributed by atoms with Crippen molar-refractivity contribution in [1.82, 2.24) is 10.6 Å². The largest absolute Gasteiger partial charge is 0.383 e. The van der Waals surface area contributed by atoms with Crippen molar-refractivity contribution in [2.24, 2.45) is 0 Å². The summed E-state index contributed by atoms with van der Waals surface area (Å²) in [5.41, 5.74) is 1.93. The highest BCUT2D eigenvalue weighted by molar-refractivity contribution is 5.74. The average Bonchev–Trinajstić information content (AvgIpc) is 2.32. The van der Waals surface area contributed by atoms with Crippen LogP contribution in [0.2, 0.25) is 0 Å². The van der Waals surface area contributed by atoms with Gasteiger partial charge in [-0.05, 0) is 43.5 Å². The zero-order valence-corrected chi connectivity index (χ0v) is 11.6. The molecule has 0 unspecified atom stereocenters. The molecule has 2 N–H and O–H groups in total. The minimum absolute atomic E-state index is 0.0300. The molecular weight excluding hydrogens is 247 g/mol. The Kier molecular flexibility index (Phi) is 6.29. The number of aryl methyl sites for hydroxylation is 1. The molecule has 1 atom stereocenters. The molecule has 0 saturated carbocycles. The fourth-order valence-electron chi connectivity index (χ4n) is 1.82. The molecule has 0 aromatic heterocycles. The maximum absolute atomic E-state index is 12.9. The predicted molar refractivity (Wildman–Crippen MR) is 72.7 cm³/mol. The van der Waals surface area contributed by atoms with Gasteiger partial charge in [-0.1, -0.05) is 6.07 Å². The molecule has 19 heavy (non-hydrogen) atoms. The highest BCUT2D eigenvalue weighted by Gasteiger charge is 2.06. The third-order valence-corrected chi connectivity index (χ3v) is 2.78. The molecule has 4 nitrogen and oxygen atoms in total. The van der Waals surface area contributed by atoms with E-state index in [0.29, 0.717) is 19.6 Å². The summed E-state index contributed by atoms with van der Waals surface area (Å²) in [5, 5.41) is 5.52. The standard InChI is InChI=1S/C14H21FN2O2/c1-10-8-13(15)5-4-12(10)6-7-16-14(18)17-11(2)9-19-3/h4-5,8,11H,6-7,9H2,1-3H3,(H2,16,17,18)/t11-/m0/s1. The maximum Gasteiger partial charge on any atom is 0.315 e. The second kappa shape index (κ2) is 7.74. The van der Waals surface area contributed by atoms with E-state index in [4.69, 9.17) is 4.74 Å². The van der Waals surface area contributed by atoms with Crippen molar-refractivity contribution < 1.29 is 13.9 Å². The lowest BCUT2D eigenvalue weighted by Crippen LogP contribution is -2.43. The summed E-state index contributed by atoms with van der Waals surface area (Å²) in [6, 6.07) is 4.43. The molecule has 0 radical (unpaired) electrons. The molecule has 5 heteroatoms. The number of rotatable bonds is 6. The third kappa shape index (κ3) is 5.70. The zero-order chi connectivity index (χ0) is 14.3. The minimum atomic E-state index is -0.236. The van der Waals surface area contributed by atoms with Crippen molar-refractivity contribution in [3.8, 4) is 0 Å². The summed E-state index contributed by atoms with van der Waals surface area (Å²) in [4.78, 5) is 11.5. The highest BCUT2D eigenvalue weighted by Crippen LogP contribution is 2.10. The number of carbonyl (C=O) groups is 1. The summed E-state index contributed by atoms with van der Waals surface area (Å²) in [5.74, 6) is -0.236. The Hall–Kier alpha value is -1.62. The molecule has 0 aliphatic rings. The number of ether oxygens (including phenoxy) is 1. The summed E-state index contributed by atoms with van der Waals surface area (Å²) in [7, 11) is 1.59. The topological polar surface area (TPSA) is 50.4 Å². The average molecular weight is 268 g/mol. The predicted octanol–water partition coefficient (Wildman–Crippen LogP) is 2.01. The van der Waals surface area contributed by atoms with Gasteiger partial charge in [0.05, 0.1) is 12.6 Å². The Morgan fingerprint density at radius 1 is 1.47 bits per heavy atom. The lowest BCUT2D eigenvalue weighted by atomic mass is 10.1. The van der Waals surface area contributed by atoms with Crippen LogP contribution in [0.1, 0.15) is 18.1 Å². The van der Waals surface area contributed by atoms with E-state index >= 15 is 0 Å². The van der Waals surface area contributed by atoms with Crippen LogP contribution in [-0.4, -0.2) is 32.3 Å². The van der Waals surface area contributed by atoms with Crippen LogP contribution in [0.3, 0.4) is 0 Å². The normalized spacial score (nSPS) is 12.0. The molecule has 2 amide bonds. The van der Waals surface area contributed by atoms with Crippen LogP contribution in [0.25, 0.3) is 0 Å². The lowest BCUT2D eigenvalue weighted by molar-refractivity contribution is 0.171. The van der Waals surface area contributed by atoms with Crippen molar-refractivity contribution in [2.45, 2.75) is 26.3 Å².